The lowest BCUT2D eigenvalue weighted by Gasteiger charge is -2.12. The van der Waals surface area contributed by atoms with Crippen LogP contribution < -0.4 is 0 Å². The third-order valence-corrected chi connectivity index (χ3v) is 2.01. The molecule has 2 heterocycles. The first-order valence-electron chi connectivity index (χ1n) is 3.28. The van der Waals surface area contributed by atoms with Gasteiger partial charge in [0, 0.05) is 13.1 Å². The molecule has 46 valence electrons. The van der Waals surface area contributed by atoms with Gasteiger partial charge in [-0.15, -0.1) is 0 Å². The molecule has 0 aliphatic carbocycles. The number of epoxide rings is 1. The van der Waals surface area contributed by atoms with Crippen LogP contribution in [0.3, 0.4) is 0 Å². The monoisotopic (exact) mass is 113 g/mol. The zero-order valence-electron chi connectivity index (χ0n) is 5.13. The Morgan fingerprint density at radius 1 is 1.50 bits per heavy atom. The van der Waals surface area contributed by atoms with Crippen LogP contribution in [0.2, 0.25) is 0 Å². The number of nitrogens with zero attached hydrogens (tertiary/aromatic N) is 1. The highest BCUT2D eigenvalue weighted by Crippen LogP contribution is 2.29. The molecule has 0 N–H and O–H groups in total. The van der Waals surface area contributed by atoms with Crippen LogP contribution in [0.15, 0.2) is 0 Å². The van der Waals surface area contributed by atoms with Gasteiger partial charge in [-0.1, -0.05) is 6.92 Å². The van der Waals surface area contributed by atoms with Crippen molar-refractivity contribution >= 4 is 0 Å². The molecule has 2 aliphatic heterocycles. The Kier molecular flexibility index (Phi) is 0.866. The van der Waals surface area contributed by atoms with Gasteiger partial charge in [-0.05, 0) is 6.54 Å². The molecule has 8 heavy (non-hydrogen) atoms. The van der Waals surface area contributed by atoms with E-state index in [2.05, 4.69) is 11.8 Å². The van der Waals surface area contributed by atoms with Crippen molar-refractivity contribution in [2.24, 2.45) is 0 Å². The molecule has 0 aromatic carbocycles. The van der Waals surface area contributed by atoms with Crippen molar-refractivity contribution in [1.82, 2.24) is 4.90 Å². The summed E-state index contributed by atoms with van der Waals surface area (Å²) < 4.78 is 5.24. The summed E-state index contributed by atoms with van der Waals surface area (Å²) in [6, 6.07) is 0. The average Bonchev–Trinajstić information content (AvgIpc) is 2.40. The van der Waals surface area contributed by atoms with Gasteiger partial charge in [-0.2, -0.15) is 0 Å². The largest absolute Gasteiger partial charge is 0.367 e. The van der Waals surface area contributed by atoms with Crippen LogP contribution in [-0.4, -0.2) is 36.7 Å². The zero-order valence-corrected chi connectivity index (χ0v) is 5.13. The van der Waals surface area contributed by atoms with Crippen LogP contribution in [0.25, 0.3) is 0 Å². The average molecular weight is 113 g/mol. The topological polar surface area (TPSA) is 15.8 Å². The van der Waals surface area contributed by atoms with Crippen molar-refractivity contribution in [3.8, 4) is 0 Å². The number of hydrogen-bond donors (Lipinski definition) is 0. The number of rotatable bonds is 1. The third kappa shape index (κ3) is 0.565. The van der Waals surface area contributed by atoms with Crippen molar-refractivity contribution in [2.75, 3.05) is 19.6 Å². The van der Waals surface area contributed by atoms with Gasteiger partial charge >= 0.3 is 0 Å². The summed E-state index contributed by atoms with van der Waals surface area (Å²) in [5.41, 5.74) is 0. The molecule has 2 saturated heterocycles. The van der Waals surface area contributed by atoms with E-state index in [-0.39, 0.29) is 0 Å². The standard InChI is InChI=1S/C6H11NO/c1-2-7-3-5-6(4-7)8-5/h5-6H,2-4H2,1H3. The molecule has 2 aliphatic rings. The molecule has 0 bridgehead atoms. The molecule has 2 atom stereocenters. The van der Waals surface area contributed by atoms with E-state index in [0.717, 1.165) is 0 Å². The molecule has 2 unspecified atom stereocenters. The molecule has 0 aromatic rings. The Bertz CT molecular complexity index is 94.7. The quantitative estimate of drug-likeness (QED) is 0.448. The van der Waals surface area contributed by atoms with Crippen LogP contribution in [0, 0.1) is 0 Å². The Balaban J connectivity index is 1.89. The van der Waals surface area contributed by atoms with Crippen molar-refractivity contribution in [2.45, 2.75) is 19.1 Å². The van der Waals surface area contributed by atoms with E-state index in [1.54, 1.807) is 0 Å². The fraction of sp³-hybridized carbons (Fsp3) is 1.00. The number of likely N-dealkylation sites (tertiary alicyclic amines) is 1. The number of morpholine rings is 1. The molecule has 2 heteroatoms. The van der Waals surface area contributed by atoms with Crippen LogP contribution in [0.5, 0.6) is 0 Å². The summed E-state index contributed by atoms with van der Waals surface area (Å²) in [5.74, 6) is 0. The molecule has 0 aromatic heterocycles. The molecule has 0 amide bonds. The van der Waals surface area contributed by atoms with E-state index < -0.39 is 0 Å². The normalized spacial score (nSPS) is 44.6. The van der Waals surface area contributed by atoms with E-state index in [4.69, 9.17) is 4.74 Å². The maximum Gasteiger partial charge on any atom is 0.0981 e. The number of ether oxygens (including phenoxy) is 1. The number of hydrogen-bond acceptors (Lipinski definition) is 2. The van der Waals surface area contributed by atoms with Gasteiger partial charge in [-0.25, -0.2) is 0 Å². The molecular formula is C6H11NO. The van der Waals surface area contributed by atoms with Gasteiger partial charge in [0.25, 0.3) is 0 Å². The minimum absolute atomic E-state index is 0.620. The summed E-state index contributed by atoms with van der Waals surface area (Å²) in [6.07, 6.45) is 1.24. The highest BCUT2D eigenvalue weighted by atomic mass is 16.6. The lowest BCUT2D eigenvalue weighted by molar-refractivity contribution is 0.211. The first kappa shape index (κ1) is 4.77. The maximum atomic E-state index is 5.24. The molecule has 0 radical (unpaired) electrons. The maximum absolute atomic E-state index is 5.24. The molecule has 0 saturated carbocycles. The highest BCUT2D eigenvalue weighted by Gasteiger charge is 2.46. The second-order valence-electron chi connectivity index (χ2n) is 2.57. The molecule has 2 fully saturated rings. The Labute approximate surface area is 49.4 Å². The van der Waals surface area contributed by atoms with E-state index in [0.29, 0.717) is 12.2 Å². The van der Waals surface area contributed by atoms with Gasteiger partial charge < -0.3 is 4.74 Å². The SMILES string of the molecule is CCN1CC2OC2C1. The predicted molar refractivity (Wildman–Crippen MR) is 30.8 cm³/mol. The molecule has 2 nitrogen and oxygen atoms in total. The fourth-order valence-electron chi connectivity index (χ4n) is 1.34. The smallest absolute Gasteiger partial charge is 0.0981 e. The van der Waals surface area contributed by atoms with E-state index in [1.807, 2.05) is 0 Å². The first-order chi connectivity index (χ1) is 3.90. The Morgan fingerprint density at radius 2 is 2.12 bits per heavy atom. The minimum atomic E-state index is 0.620. The Hall–Kier alpha value is -0.0800. The van der Waals surface area contributed by atoms with E-state index in [9.17, 15) is 0 Å². The summed E-state index contributed by atoms with van der Waals surface area (Å²) in [7, 11) is 0. The number of likely N-dealkylation sites (N-methyl/N-ethyl adjacent to an activating group) is 1. The lowest BCUT2D eigenvalue weighted by Crippen LogP contribution is -2.23. The van der Waals surface area contributed by atoms with Gasteiger partial charge in [0.05, 0.1) is 12.2 Å². The van der Waals surface area contributed by atoms with Crippen molar-refractivity contribution in [1.29, 1.82) is 0 Å². The van der Waals surface area contributed by atoms with E-state index in [1.165, 1.54) is 19.6 Å². The van der Waals surface area contributed by atoms with Crippen molar-refractivity contribution in [3.63, 3.8) is 0 Å². The zero-order chi connectivity index (χ0) is 5.56. The summed E-state index contributed by atoms with van der Waals surface area (Å²) in [4.78, 5) is 2.43. The summed E-state index contributed by atoms with van der Waals surface area (Å²) >= 11 is 0. The summed E-state index contributed by atoms with van der Waals surface area (Å²) in [6.45, 7) is 5.75. The van der Waals surface area contributed by atoms with Crippen LogP contribution in [0.1, 0.15) is 6.92 Å². The van der Waals surface area contributed by atoms with Gasteiger partial charge in [-0.3, -0.25) is 4.90 Å². The number of fused-ring (bicyclic) bond motifs is 1. The lowest BCUT2D eigenvalue weighted by atomic mass is 10.4. The van der Waals surface area contributed by atoms with Crippen molar-refractivity contribution < 1.29 is 4.74 Å². The van der Waals surface area contributed by atoms with Gasteiger partial charge in [0.2, 0.25) is 0 Å². The second kappa shape index (κ2) is 1.45. The van der Waals surface area contributed by atoms with E-state index >= 15 is 0 Å². The van der Waals surface area contributed by atoms with Crippen LogP contribution in [0.4, 0.5) is 0 Å². The third-order valence-electron chi connectivity index (χ3n) is 2.01. The predicted octanol–water partition coefficient (Wildman–Crippen LogP) is 0.0893. The van der Waals surface area contributed by atoms with Gasteiger partial charge in [0.1, 0.15) is 0 Å². The van der Waals surface area contributed by atoms with Crippen LogP contribution >= 0.6 is 0 Å². The molecule has 0 spiro atoms. The molecule has 2 rings (SSSR count). The second-order valence-corrected chi connectivity index (χ2v) is 2.57. The minimum Gasteiger partial charge on any atom is -0.367 e. The summed E-state index contributed by atoms with van der Waals surface area (Å²) in [5, 5.41) is 0. The Morgan fingerprint density at radius 3 is 2.50 bits per heavy atom. The van der Waals surface area contributed by atoms with Gasteiger partial charge in [0.15, 0.2) is 0 Å². The fourth-order valence-corrected chi connectivity index (χ4v) is 1.34. The van der Waals surface area contributed by atoms with Crippen molar-refractivity contribution in [3.05, 3.63) is 0 Å². The van der Waals surface area contributed by atoms with Crippen LogP contribution in [-0.2, 0) is 4.74 Å². The highest BCUT2D eigenvalue weighted by molar-refractivity contribution is 4.96. The molecular weight excluding hydrogens is 102 g/mol. The first-order valence-corrected chi connectivity index (χ1v) is 3.28.